The first-order valence-electron chi connectivity index (χ1n) is 12.1. The predicted molar refractivity (Wildman–Crippen MR) is 116 cm³/mol. The van der Waals surface area contributed by atoms with Crippen LogP contribution in [0.5, 0.6) is 0 Å². The molecule has 0 unspecified atom stereocenters. The molecule has 0 aromatic heterocycles. The van der Waals surface area contributed by atoms with E-state index >= 15 is 0 Å². The number of hydrogen-bond acceptors (Lipinski definition) is 5. The standard InChI is InChI=1S/C25H44O5/c1-23(15-26-3)9-6-10-24(2)20(23)8-12-25-11-7-18(13-21(24)25)19(14-29-16-27-4)22(25)30-17-28-5/h18-22H,6-17H2,1-5H3/t18-,19-,20+,21-,22+,23-,24+,25-/m0/s1. The Labute approximate surface area is 183 Å². The minimum absolute atomic E-state index is 0.236. The highest BCUT2D eigenvalue weighted by molar-refractivity contribution is 5.16. The normalized spacial score (nSPS) is 47.7. The number of ether oxygens (including phenoxy) is 5. The Morgan fingerprint density at radius 2 is 1.60 bits per heavy atom. The summed E-state index contributed by atoms with van der Waals surface area (Å²) in [5.41, 5.74) is 0.963. The minimum Gasteiger partial charge on any atom is -0.384 e. The molecular weight excluding hydrogens is 380 g/mol. The van der Waals surface area contributed by atoms with Crippen LogP contribution in [0.25, 0.3) is 0 Å². The molecule has 0 aromatic rings. The van der Waals surface area contributed by atoms with Crippen LogP contribution in [-0.2, 0) is 23.7 Å². The summed E-state index contributed by atoms with van der Waals surface area (Å²) in [6.07, 6.45) is 10.8. The monoisotopic (exact) mass is 424 g/mol. The first-order valence-corrected chi connectivity index (χ1v) is 12.1. The van der Waals surface area contributed by atoms with Crippen LogP contribution >= 0.6 is 0 Å². The molecule has 5 heteroatoms. The minimum atomic E-state index is 0.236. The van der Waals surface area contributed by atoms with Gasteiger partial charge in [0.25, 0.3) is 0 Å². The maximum atomic E-state index is 6.53. The molecule has 0 heterocycles. The molecule has 0 aliphatic heterocycles. The fourth-order valence-electron chi connectivity index (χ4n) is 9.00. The van der Waals surface area contributed by atoms with Gasteiger partial charge in [0.05, 0.1) is 19.3 Å². The van der Waals surface area contributed by atoms with Crippen molar-refractivity contribution in [3.63, 3.8) is 0 Å². The van der Waals surface area contributed by atoms with Crippen LogP contribution in [0.15, 0.2) is 0 Å². The lowest BCUT2D eigenvalue weighted by Crippen LogP contribution is -2.67. The maximum Gasteiger partial charge on any atom is 0.146 e. The largest absolute Gasteiger partial charge is 0.384 e. The molecule has 2 bridgehead atoms. The van der Waals surface area contributed by atoms with Crippen molar-refractivity contribution in [2.75, 3.05) is 48.1 Å². The van der Waals surface area contributed by atoms with E-state index in [1.165, 1.54) is 51.4 Å². The average molecular weight is 425 g/mol. The second kappa shape index (κ2) is 8.97. The third-order valence-electron chi connectivity index (χ3n) is 9.92. The van der Waals surface area contributed by atoms with E-state index in [0.29, 0.717) is 36.3 Å². The van der Waals surface area contributed by atoms with Crippen molar-refractivity contribution in [1.29, 1.82) is 0 Å². The highest BCUT2D eigenvalue weighted by Crippen LogP contribution is 2.72. The molecule has 0 saturated heterocycles. The molecule has 5 aliphatic carbocycles. The lowest BCUT2D eigenvalue weighted by Gasteiger charge is -2.70. The van der Waals surface area contributed by atoms with E-state index in [0.717, 1.165) is 25.0 Å². The fourth-order valence-corrected chi connectivity index (χ4v) is 9.00. The van der Waals surface area contributed by atoms with Crippen LogP contribution in [0.3, 0.4) is 0 Å². The number of methoxy groups -OCH3 is 3. The van der Waals surface area contributed by atoms with E-state index < -0.39 is 0 Å². The summed E-state index contributed by atoms with van der Waals surface area (Å²) in [7, 11) is 5.31. The molecule has 5 saturated carbocycles. The van der Waals surface area contributed by atoms with Crippen molar-refractivity contribution in [3.8, 4) is 0 Å². The molecule has 0 N–H and O–H groups in total. The van der Waals surface area contributed by atoms with Gasteiger partial charge in [-0.2, -0.15) is 0 Å². The van der Waals surface area contributed by atoms with Gasteiger partial charge in [-0.05, 0) is 73.5 Å². The van der Waals surface area contributed by atoms with Crippen LogP contribution in [-0.4, -0.2) is 54.2 Å². The number of rotatable bonds is 9. The lowest BCUT2D eigenvalue weighted by molar-refractivity contribution is -0.278. The van der Waals surface area contributed by atoms with Gasteiger partial charge in [0, 0.05) is 32.7 Å². The van der Waals surface area contributed by atoms with Gasteiger partial charge >= 0.3 is 0 Å². The molecule has 5 rings (SSSR count). The Hall–Kier alpha value is -0.200. The van der Waals surface area contributed by atoms with Gasteiger partial charge in [0.15, 0.2) is 0 Å². The molecule has 0 radical (unpaired) electrons. The summed E-state index contributed by atoms with van der Waals surface area (Å²) < 4.78 is 28.7. The molecule has 5 nitrogen and oxygen atoms in total. The number of fused-ring (bicyclic) bond motifs is 3. The molecule has 30 heavy (non-hydrogen) atoms. The van der Waals surface area contributed by atoms with Crippen molar-refractivity contribution < 1.29 is 23.7 Å². The Morgan fingerprint density at radius 3 is 2.33 bits per heavy atom. The van der Waals surface area contributed by atoms with Crippen LogP contribution in [0.1, 0.15) is 65.2 Å². The Bertz CT molecular complexity index is 580. The van der Waals surface area contributed by atoms with Crippen LogP contribution in [0.4, 0.5) is 0 Å². The lowest BCUT2D eigenvalue weighted by atomic mass is 9.35. The van der Waals surface area contributed by atoms with Gasteiger partial charge in [-0.1, -0.05) is 20.3 Å². The van der Waals surface area contributed by atoms with Crippen molar-refractivity contribution in [2.24, 2.45) is 39.9 Å². The van der Waals surface area contributed by atoms with E-state index in [1.54, 1.807) is 14.2 Å². The molecule has 174 valence electrons. The van der Waals surface area contributed by atoms with Crippen molar-refractivity contribution in [1.82, 2.24) is 0 Å². The van der Waals surface area contributed by atoms with Crippen molar-refractivity contribution in [2.45, 2.75) is 71.3 Å². The summed E-state index contributed by atoms with van der Waals surface area (Å²) in [6.45, 7) is 7.51. The third kappa shape index (κ3) is 3.57. The molecule has 0 amide bonds. The summed E-state index contributed by atoms with van der Waals surface area (Å²) in [5, 5.41) is 0. The smallest absolute Gasteiger partial charge is 0.146 e. The first kappa shape index (κ1) is 23.0. The highest BCUT2D eigenvalue weighted by Gasteiger charge is 2.68. The van der Waals surface area contributed by atoms with Crippen molar-refractivity contribution >= 4 is 0 Å². The summed E-state index contributed by atoms with van der Waals surface area (Å²) in [6, 6.07) is 0. The van der Waals surface area contributed by atoms with Crippen LogP contribution in [0, 0.1) is 39.9 Å². The van der Waals surface area contributed by atoms with Crippen LogP contribution < -0.4 is 0 Å². The van der Waals surface area contributed by atoms with Crippen LogP contribution in [0.2, 0.25) is 0 Å². The molecule has 1 spiro atoms. The Balaban J connectivity index is 1.64. The summed E-state index contributed by atoms with van der Waals surface area (Å²) in [5.74, 6) is 2.62. The van der Waals surface area contributed by atoms with E-state index in [9.17, 15) is 0 Å². The third-order valence-corrected chi connectivity index (χ3v) is 9.92. The molecular formula is C25H44O5. The van der Waals surface area contributed by atoms with E-state index in [2.05, 4.69) is 13.8 Å². The fraction of sp³-hybridized carbons (Fsp3) is 1.00. The summed E-state index contributed by atoms with van der Waals surface area (Å²) in [4.78, 5) is 0. The van der Waals surface area contributed by atoms with E-state index in [1.807, 2.05) is 7.11 Å². The van der Waals surface area contributed by atoms with E-state index in [-0.39, 0.29) is 11.5 Å². The zero-order valence-corrected chi connectivity index (χ0v) is 19.9. The topological polar surface area (TPSA) is 46.2 Å². The second-order valence-electron chi connectivity index (χ2n) is 11.3. The number of hydrogen-bond donors (Lipinski definition) is 0. The summed E-state index contributed by atoms with van der Waals surface area (Å²) >= 11 is 0. The van der Waals surface area contributed by atoms with Gasteiger partial charge in [-0.3, -0.25) is 0 Å². The van der Waals surface area contributed by atoms with Crippen molar-refractivity contribution in [3.05, 3.63) is 0 Å². The quantitative estimate of drug-likeness (QED) is 0.390. The average Bonchev–Trinajstić information content (AvgIpc) is 2.73. The SMILES string of the molecule is COCOC[C@H]1[C@H]2CC[C@@]3(CC[C@@H]4[C@](C)(COC)CCC[C@@]4(C)[C@@H]3C2)[C@@H]1OCOC. The van der Waals surface area contributed by atoms with Gasteiger partial charge in [-0.15, -0.1) is 0 Å². The van der Waals surface area contributed by atoms with Gasteiger partial charge < -0.3 is 23.7 Å². The Kier molecular flexibility index (Phi) is 6.87. The molecule has 8 atom stereocenters. The molecule has 5 fully saturated rings. The maximum absolute atomic E-state index is 6.53. The van der Waals surface area contributed by atoms with Gasteiger partial charge in [-0.25, -0.2) is 0 Å². The van der Waals surface area contributed by atoms with Gasteiger partial charge in [0.1, 0.15) is 13.6 Å². The molecule has 0 aromatic carbocycles. The first-order chi connectivity index (χ1) is 14.4. The van der Waals surface area contributed by atoms with Gasteiger partial charge in [0.2, 0.25) is 0 Å². The zero-order chi connectivity index (χ0) is 21.4. The van der Waals surface area contributed by atoms with E-state index in [4.69, 9.17) is 23.7 Å². The highest BCUT2D eigenvalue weighted by atomic mass is 16.7. The second-order valence-corrected chi connectivity index (χ2v) is 11.3. The Morgan fingerprint density at radius 1 is 0.833 bits per heavy atom. The molecule has 5 aliphatic rings. The predicted octanol–water partition coefficient (Wildman–Crippen LogP) is 4.88. The zero-order valence-electron chi connectivity index (χ0n) is 19.9.